The number of nitriles is 1. The van der Waals surface area contributed by atoms with Gasteiger partial charge in [-0.3, -0.25) is 9.48 Å². The summed E-state index contributed by atoms with van der Waals surface area (Å²) in [5, 5.41) is 16.8. The molecule has 0 aliphatic heterocycles. The highest BCUT2D eigenvalue weighted by molar-refractivity contribution is 5.98. The number of amides is 1. The molecular weight excluding hydrogens is 340 g/mol. The van der Waals surface area contributed by atoms with Crippen LogP contribution in [0.1, 0.15) is 42.6 Å². The molecule has 1 aliphatic rings. The van der Waals surface area contributed by atoms with Crippen molar-refractivity contribution in [3.05, 3.63) is 41.8 Å². The molecule has 1 heterocycles. The third-order valence-electron chi connectivity index (χ3n) is 4.87. The first-order valence-corrected chi connectivity index (χ1v) is 8.29. The summed E-state index contributed by atoms with van der Waals surface area (Å²) < 4.78 is 28.5. The quantitative estimate of drug-likeness (QED) is 0.874. The summed E-state index contributed by atoms with van der Waals surface area (Å²) in [6.07, 6.45) is 1.27. The number of carbonyl (C=O) groups is 1. The van der Waals surface area contributed by atoms with E-state index in [4.69, 9.17) is 5.73 Å². The largest absolute Gasteiger partial charge is 0.365 e. The topological polar surface area (TPSA) is 96.7 Å². The highest BCUT2D eigenvalue weighted by Gasteiger charge is 2.42. The number of aromatic nitrogens is 2. The fourth-order valence-corrected chi connectivity index (χ4v) is 3.27. The van der Waals surface area contributed by atoms with Crippen LogP contribution in [0.5, 0.6) is 0 Å². The number of nitrogens with one attached hydrogen (secondary N) is 1. The van der Waals surface area contributed by atoms with Crippen molar-refractivity contribution in [1.82, 2.24) is 9.78 Å². The van der Waals surface area contributed by atoms with Crippen LogP contribution < -0.4 is 11.1 Å². The van der Waals surface area contributed by atoms with Crippen molar-refractivity contribution in [2.24, 2.45) is 11.1 Å². The fourth-order valence-electron chi connectivity index (χ4n) is 3.27. The Bertz CT molecular complexity index is 857. The molecule has 3 N–H and O–H groups in total. The summed E-state index contributed by atoms with van der Waals surface area (Å²) in [6, 6.07) is 7.27. The van der Waals surface area contributed by atoms with Gasteiger partial charge in [0.05, 0.1) is 17.5 Å². The van der Waals surface area contributed by atoms with Crippen molar-refractivity contribution in [2.45, 2.75) is 38.4 Å². The van der Waals surface area contributed by atoms with Gasteiger partial charge in [-0.25, -0.2) is 8.78 Å². The van der Waals surface area contributed by atoms with Crippen LogP contribution in [0, 0.1) is 22.6 Å². The second kappa shape index (κ2) is 6.75. The van der Waals surface area contributed by atoms with E-state index < -0.39 is 29.4 Å². The lowest BCUT2D eigenvalue weighted by Crippen LogP contribution is -2.36. The molecule has 6 nitrogen and oxygen atoms in total. The van der Waals surface area contributed by atoms with Crippen LogP contribution in [0.15, 0.2) is 30.5 Å². The molecule has 0 unspecified atom stereocenters. The molecule has 0 spiro atoms. The normalized spacial score (nSPS) is 25.5. The van der Waals surface area contributed by atoms with E-state index >= 15 is 0 Å². The average Bonchev–Trinajstić information content (AvgIpc) is 3.03. The highest BCUT2D eigenvalue weighted by atomic mass is 19.1. The van der Waals surface area contributed by atoms with Crippen LogP contribution in [0.4, 0.5) is 20.3 Å². The van der Waals surface area contributed by atoms with Gasteiger partial charge in [0.1, 0.15) is 17.6 Å². The Labute approximate surface area is 149 Å². The lowest BCUT2D eigenvalue weighted by Gasteiger charge is -2.37. The minimum atomic E-state index is -1.03. The van der Waals surface area contributed by atoms with Crippen molar-refractivity contribution in [3.8, 4) is 6.07 Å². The van der Waals surface area contributed by atoms with Crippen molar-refractivity contribution in [1.29, 1.82) is 5.26 Å². The average molecular weight is 359 g/mol. The van der Waals surface area contributed by atoms with Gasteiger partial charge in [-0.05, 0) is 44.0 Å². The van der Waals surface area contributed by atoms with Gasteiger partial charge < -0.3 is 11.1 Å². The third kappa shape index (κ3) is 3.38. The van der Waals surface area contributed by atoms with Gasteiger partial charge in [0, 0.05) is 18.3 Å². The molecule has 1 aromatic heterocycles. The molecule has 0 radical (unpaired) electrons. The second-order valence-electron chi connectivity index (χ2n) is 6.78. The van der Waals surface area contributed by atoms with E-state index in [-0.39, 0.29) is 17.8 Å². The first kappa shape index (κ1) is 17.9. The summed E-state index contributed by atoms with van der Waals surface area (Å²) >= 11 is 0. The number of benzene rings is 1. The Kier molecular flexibility index (Phi) is 4.64. The molecule has 136 valence electrons. The minimum absolute atomic E-state index is 0.121. The number of primary amides is 1. The maximum absolute atomic E-state index is 14.0. The molecule has 1 fully saturated rings. The molecule has 1 aromatic carbocycles. The van der Waals surface area contributed by atoms with Crippen molar-refractivity contribution in [3.63, 3.8) is 0 Å². The summed E-state index contributed by atoms with van der Waals surface area (Å²) in [6.45, 7) is 1.77. The zero-order valence-electron chi connectivity index (χ0n) is 14.2. The maximum atomic E-state index is 14.0. The number of hydrogen-bond acceptors (Lipinski definition) is 4. The van der Waals surface area contributed by atoms with E-state index in [1.54, 1.807) is 6.92 Å². The van der Waals surface area contributed by atoms with Crippen LogP contribution >= 0.6 is 0 Å². The van der Waals surface area contributed by atoms with Gasteiger partial charge in [0.15, 0.2) is 5.82 Å². The van der Waals surface area contributed by atoms with E-state index in [9.17, 15) is 18.8 Å². The zero-order valence-corrected chi connectivity index (χ0v) is 14.2. The minimum Gasteiger partial charge on any atom is -0.365 e. The molecule has 8 heteroatoms. The smallest absolute Gasteiger partial charge is 0.254 e. The van der Waals surface area contributed by atoms with Crippen molar-refractivity contribution >= 4 is 17.4 Å². The fraction of sp³-hybridized carbons (Fsp3) is 0.389. The molecule has 0 bridgehead atoms. The molecular formula is C18H19F2N5O. The number of halogens is 2. The lowest BCUT2D eigenvalue weighted by molar-refractivity contribution is 0.0992. The third-order valence-corrected chi connectivity index (χ3v) is 4.87. The summed E-state index contributed by atoms with van der Waals surface area (Å²) in [5.41, 5.74) is 5.28. The van der Waals surface area contributed by atoms with Gasteiger partial charge in [0.2, 0.25) is 0 Å². The number of anilines is 2. The molecule has 3 rings (SSSR count). The Morgan fingerprint density at radius 1 is 1.46 bits per heavy atom. The number of carbonyl (C=O) groups excluding carboxylic acids is 1. The van der Waals surface area contributed by atoms with Crippen LogP contribution in [0.25, 0.3) is 0 Å². The Hall–Kier alpha value is -2.95. The van der Waals surface area contributed by atoms with E-state index in [0.29, 0.717) is 18.5 Å². The van der Waals surface area contributed by atoms with Crippen molar-refractivity contribution < 1.29 is 13.6 Å². The standard InChI is InChI=1S/C18H19F2N5O/c1-18(10-21)7-6-12(20)8-15(18)25-9-14(16(22)26)17(24-25)23-13-4-2-11(19)3-5-13/h2-5,9,12,15H,6-8H2,1H3,(H2,22,26)(H,23,24)/t12-,15+,18-/m1/s1. The predicted molar refractivity (Wildman–Crippen MR) is 91.9 cm³/mol. The molecule has 2 aromatic rings. The number of hydrogen-bond donors (Lipinski definition) is 2. The van der Waals surface area contributed by atoms with E-state index in [1.165, 1.54) is 35.1 Å². The van der Waals surface area contributed by atoms with Crippen molar-refractivity contribution in [2.75, 3.05) is 5.32 Å². The summed E-state index contributed by atoms with van der Waals surface area (Å²) in [4.78, 5) is 11.8. The van der Waals surface area contributed by atoms with E-state index in [0.717, 1.165) is 0 Å². The van der Waals surface area contributed by atoms with Crippen LogP contribution in [-0.2, 0) is 0 Å². The number of nitrogens with two attached hydrogens (primary N) is 1. The van der Waals surface area contributed by atoms with Gasteiger partial charge in [-0.1, -0.05) is 0 Å². The van der Waals surface area contributed by atoms with Crippen LogP contribution in [0.3, 0.4) is 0 Å². The second-order valence-corrected chi connectivity index (χ2v) is 6.78. The Morgan fingerprint density at radius 3 is 2.77 bits per heavy atom. The highest BCUT2D eigenvalue weighted by Crippen LogP contribution is 2.44. The lowest BCUT2D eigenvalue weighted by atomic mass is 9.72. The Morgan fingerprint density at radius 2 is 2.15 bits per heavy atom. The zero-order chi connectivity index (χ0) is 18.9. The molecule has 26 heavy (non-hydrogen) atoms. The van der Waals surface area contributed by atoms with Gasteiger partial charge >= 0.3 is 0 Å². The SMILES string of the molecule is C[C@]1(C#N)CC[C@@H](F)C[C@@H]1n1cc(C(N)=O)c(Nc2ccc(F)cc2)n1. The summed E-state index contributed by atoms with van der Waals surface area (Å²) in [7, 11) is 0. The first-order chi connectivity index (χ1) is 12.3. The molecule has 3 atom stereocenters. The monoisotopic (exact) mass is 359 g/mol. The van der Waals surface area contributed by atoms with Crippen LogP contribution in [0.2, 0.25) is 0 Å². The molecule has 1 amide bonds. The molecule has 1 aliphatic carbocycles. The van der Waals surface area contributed by atoms with Crippen LogP contribution in [-0.4, -0.2) is 21.9 Å². The summed E-state index contributed by atoms with van der Waals surface area (Å²) in [5.74, 6) is -0.908. The van der Waals surface area contributed by atoms with Gasteiger partial charge in [-0.15, -0.1) is 0 Å². The maximum Gasteiger partial charge on any atom is 0.254 e. The predicted octanol–water partition coefficient (Wildman–Crippen LogP) is 3.46. The van der Waals surface area contributed by atoms with E-state index in [2.05, 4.69) is 16.5 Å². The van der Waals surface area contributed by atoms with Gasteiger partial charge in [0.25, 0.3) is 5.91 Å². The number of rotatable bonds is 4. The van der Waals surface area contributed by atoms with Gasteiger partial charge in [-0.2, -0.15) is 10.4 Å². The number of nitrogens with zero attached hydrogens (tertiary/aromatic N) is 3. The molecule has 1 saturated carbocycles. The van der Waals surface area contributed by atoms with E-state index in [1.807, 2.05) is 0 Å². The number of alkyl halides is 1. The molecule has 0 saturated heterocycles. The Balaban J connectivity index is 1.97. The first-order valence-electron chi connectivity index (χ1n) is 8.29.